The highest BCUT2D eigenvalue weighted by molar-refractivity contribution is 7.92. The normalized spacial score (nSPS) is 15.6. The monoisotopic (exact) mass is 448 g/mol. The SMILES string of the molecule is Cc1ccc(S(=O)(=O)N(CC(=O)N[C@@H]2CCCc3ccccc32)c2cccc(C)c2)cc1. The number of benzene rings is 3. The van der Waals surface area contributed by atoms with E-state index in [0.29, 0.717) is 5.69 Å². The Balaban J connectivity index is 1.63. The topological polar surface area (TPSA) is 66.5 Å². The Morgan fingerprint density at radius 1 is 0.969 bits per heavy atom. The van der Waals surface area contributed by atoms with E-state index in [2.05, 4.69) is 11.4 Å². The van der Waals surface area contributed by atoms with Gasteiger partial charge in [-0.2, -0.15) is 0 Å². The van der Waals surface area contributed by atoms with Crippen LogP contribution in [0.1, 0.15) is 41.1 Å². The number of carbonyl (C=O) groups is 1. The van der Waals surface area contributed by atoms with Crippen LogP contribution in [0, 0.1) is 13.8 Å². The molecule has 5 nitrogen and oxygen atoms in total. The summed E-state index contributed by atoms with van der Waals surface area (Å²) in [6.45, 7) is 3.53. The first kappa shape index (κ1) is 22.1. The van der Waals surface area contributed by atoms with Crippen LogP contribution in [-0.2, 0) is 21.2 Å². The minimum absolute atomic E-state index is 0.103. The lowest BCUT2D eigenvalue weighted by Crippen LogP contribution is -2.42. The molecule has 0 heterocycles. The summed E-state index contributed by atoms with van der Waals surface area (Å²) in [4.78, 5) is 13.3. The van der Waals surface area contributed by atoms with Crippen LogP contribution in [0.3, 0.4) is 0 Å². The van der Waals surface area contributed by atoms with Crippen LogP contribution in [0.5, 0.6) is 0 Å². The third-order valence-corrected chi connectivity index (χ3v) is 7.68. The van der Waals surface area contributed by atoms with Crippen molar-refractivity contribution in [2.24, 2.45) is 0 Å². The lowest BCUT2D eigenvalue weighted by Gasteiger charge is -2.29. The van der Waals surface area contributed by atoms with E-state index < -0.39 is 10.0 Å². The van der Waals surface area contributed by atoms with E-state index in [4.69, 9.17) is 0 Å². The Hall–Kier alpha value is -3.12. The second-order valence-electron chi connectivity index (χ2n) is 8.37. The summed E-state index contributed by atoms with van der Waals surface area (Å²) < 4.78 is 28.3. The van der Waals surface area contributed by atoms with Gasteiger partial charge >= 0.3 is 0 Å². The Labute approximate surface area is 190 Å². The van der Waals surface area contributed by atoms with Crippen molar-refractivity contribution in [3.05, 3.63) is 95.1 Å². The van der Waals surface area contributed by atoms with Crippen LogP contribution in [0.2, 0.25) is 0 Å². The molecule has 0 spiro atoms. The van der Waals surface area contributed by atoms with Gasteiger partial charge in [0.25, 0.3) is 10.0 Å². The lowest BCUT2D eigenvalue weighted by atomic mass is 9.88. The number of nitrogens with one attached hydrogen (secondary N) is 1. The number of sulfonamides is 1. The first-order valence-electron chi connectivity index (χ1n) is 10.9. The number of hydrogen-bond donors (Lipinski definition) is 1. The van der Waals surface area contributed by atoms with Gasteiger partial charge in [0.05, 0.1) is 16.6 Å². The number of hydrogen-bond acceptors (Lipinski definition) is 3. The molecule has 1 aliphatic carbocycles. The minimum Gasteiger partial charge on any atom is -0.348 e. The molecule has 0 aliphatic heterocycles. The first-order chi connectivity index (χ1) is 15.3. The average Bonchev–Trinajstić information content (AvgIpc) is 2.78. The zero-order chi connectivity index (χ0) is 22.7. The van der Waals surface area contributed by atoms with Gasteiger partial charge in [0.1, 0.15) is 6.54 Å². The molecule has 4 rings (SSSR count). The van der Waals surface area contributed by atoms with Crippen LogP contribution < -0.4 is 9.62 Å². The standard InChI is InChI=1S/C26H28N2O3S/c1-19-13-15-23(16-14-19)32(30,31)28(22-10-5-7-20(2)17-22)18-26(29)27-25-12-6-9-21-8-3-4-11-24(21)25/h3-5,7-8,10-11,13-17,25H,6,9,12,18H2,1-2H3,(H,27,29)/t25-/m1/s1. The van der Waals surface area contributed by atoms with Gasteiger partial charge in [-0.25, -0.2) is 8.42 Å². The van der Waals surface area contributed by atoms with Crippen molar-refractivity contribution in [1.82, 2.24) is 5.32 Å². The zero-order valence-corrected chi connectivity index (χ0v) is 19.2. The number of aryl methyl sites for hydroxylation is 3. The lowest BCUT2D eigenvalue weighted by molar-refractivity contribution is -0.120. The average molecular weight is 449 g/mol. The zero-order valence-electron chi connectivity index (χ0n) is 18.4. The minimum atomic E-state index is -3.91. The molecule has 32 heavy (non-hydrogen) atoms. The molecule has 6 heteroatoms. The van der Waals surface area contributed by atoms with Crippen molar-refractivity contribution >= 4 is 21.6 Å². The molecule has 0 radical (unpaired) electrons. The fourth-order valence-electron chi connectivity index (χ4n) is 4.21. The number of rotatable bonds is 6. The molecule has 1 atom stereocenters. The van der Waals surface area contributed by atoms with Crippen molar-refractivity contribution in [2.45, 2.75) is 44.0 Å². The van der Waals surface area contributed by atoms with E-state index in [1.165, 1.54) is 9.87 Å². The van der Waals surface area contributed by atoms with Crippen LogP contribution in [0.25, 0.3) is 0 Å². The summed E-state index contributed by atoms with van der Waals surface area (Å²) in [6, 6.07) is 21.9. The first-order valence-corrected chi connectivity index (χ1v) is 12.3. The van der Waals surface area contributed by atoms with Crippen molar-refractivity contribution in [3.8, 4) is 0 Å². The molecule has 3 aromatic carbocycles. The molecule has 0 fully saturated rings. The largest absolute Gasteiger partial charge is 0.348 e. The summed E-state index contributed by atoms with van der Waals surface area (Å²) in [7, 11) is -3.91. The van der Waals surface area contributed by atoms with Crippen LogP contribution in [-0.4, -0.2) is 20.9 Å². The molecule has 0 aromatic heterocycles. The summed E-state index contributed by atoms with van der Waals surface area (Å²) in [5.74, 6) is -0.316. The van der Waals surface area contributed by atoms with E-state index in [0.717, 1.165) is 36.0 Å². The van der Waals surface area contributed by atoms with Gasteiger partial charge < -0.3 is 5.32 Å². The van der Waals surface area contributed by atoms with Gasteiger partial charge in [0, 0.05) is 0 Å². The van der Waals surface area contributed by atoms with Gasteiger partial charge in [-0.3, -0.25) is 9.10 Å². The molecule has 3 aromatic rings. The number of amides is 1. The Bertz CT molecular complexity index is 1220. The van der Waals surface area contributed by atoms with E-state index in [1.54, 1.807) is 42.5 Å². The number of carbonyl (C=O) groups excluding carboxylic acids is 1. The van der Waals surface area contributed by atoms with Crippen molar-refractivity contribution < 1.29 is 13.2 Å². The highest BCUT2D eigenvalue weighted by Gasteiger charge is 2.29. The van der Waals surface area contributed by atoms with E-state index in [1.807, 2.05) is 38.1 Å². The maximum absolute atomic E-state index is 13.5. The Morgan fingerprint density at radius 3 is 2.47 bits per heavy atom. The number of fused-ring (bicyclic) bond motifs is 1. The second-order valence-corrected chi connectivity index (χ2v) is 10.2. The van der Waals surface area contributed by atoms with E-state index >= 15 is 0 Å². The smallest absolute Gasteiger partial charge is 0.264 e. The third-order valence-electron chi connectivity index (χ3n) is 5.89. The highest BCUT2D eigenvalue weighted by Crippen LogP contribution is 2.30. The summed E-state index contributed by atoms with van der Waals surface area (Å²) in [6.07, 6.45) is 2.84. The molecule has 1 aliphatic rings. The quantitative estimate of drug-likeness (QED) is 0.595. The van der Waals surface area contributed by atoms with E-state index in [-0.39, 0.29) is 23.4 Å². The summed E-state index contributed by atoms with van der Waals surface area (Å²) in [5, 5.41) is 3.08. The molecule has 1 N–H and O–H groups in total. The van der Waals surface area contributed by atoms with Crippen LogP contribution in [0.4, 0.5) is 5.69 Å². The third kappa shape index (κ3) is 4.70. The maximum Gasteiger partial charge on any atom is 0.264 e. The Morgan fingerprint density at radius 2 is 1.72 bits per heavy atom. The fraction of sp³-hybridized carbons (Fsp3) is 0.269. The molecule has 0 bridgehead atoms. The van der Waals surface area contributed by atoms with Gasteiger partial charge in [-0.05, 0) is 74.1 Å². The van der Waals surface area contributed by atoms with Gasteiger partial charge in [-0.15, -0.1) is 0 Å². The van der Waals surface area contributed by atoms with Crippen LogP contribution >= 0.6 is 0 Å². The molecular weight excluding hydrogens is 420 g/mol. The molecule has 0 unspecified atom stereocenters. The van der Waals surface area contributed by atoms with Crippen molar-refractivity contribution in [3.63, 3.8) is 0 Å². The molecule has 1 amide bonds. The van der Waals surface area contributed by atoms with Crippen molar-refractivity contribution in [1.29, 1.82) is 0 Å². The molecular formula is C26H28N2O3S. The predicted octanol–water partition coefficient (Wildman–Crippen LogP) is 4.69. The second kappa shape index (κ2) is 9.17. The molecule has 0 saturated heterocycles. The fourth-order valence-corrected chi connectivity index (χ4v) is 5.62. The van der Waals surface area contributed by atoms with Crippen LogP contribution in [0.15, 0.2) is 77.7 Å². The molecule has 0 saturated carbocycles. The number of anilines is 1. The van der Waals surface area contributed by atoms with Gasteiger partial charge in [-0.1, -0.05) is 54.1 Å². The van der Waals surface area contributed by atoms with Crippen molar-refractivity contribution in [2.75, 3.05) is 10.8 Å². The van der Waals surface area contributed by atoms with Gasteiger partial charge in [0.15, 0.2) is 0 Å². The highest BCUT2D eigenvalue weighted by atomic mass is 32.2. The van der Waals surface area contributed by atoms with E-state index in [9.17, 15) is 13.2 Å². The number of nitrogens with zero attached hydrogens (tertiary/aromatic N) is 1. The Kier molecular flexibility index (Phi) is 6.33. The predicted molar refractivity (Wildman–Crippen MR) is 127 cm³/mol. The summed E-state index contributed by atoms with van der Waals surface area (Å²) >= 11 is 0. The maximum atomic E-state index is 13.5. The summed E-state index contributed by atoms with van der Waals surface area (Å²) in [5.41, 5.74) is 4.74. The molecule has 166 valence electrons. The van der Waals surface area contributed by atoms with Gasteiger partial charge in [0.2, 0.25) is 5.91 Å².